The summed E-state index contributed by atoms with van der Waals surface area (Å²) in [4.78, 5) is 4.79. The van der Waals surface area contributed by atoms with Gasteiger partial charge in [0, 0.05) is 46.6 Å². The van der Waals surface area contributed by atoms with Crippen LogP contribution in [0.15, 0.2) is 65.0 Å². The van der Waals surface area contributed by atoms with Crippen LogP contribution < -0.4 is 10.0 Å². The number of aliphatic hydroxyl groups is 1. The lowest BCUT2D eigenvalue weighted by Gasteiger charge is -2.18. The molecule has 0 saturated heterocycles. The van der Waals surface area contributed by atoms with E-state index in [9.17, 15) is 9.50 Å². The standard InChI is InChI=1S/C20H19FN4OS2/c1-23-18(8-9-22)14-4-2-3-5-15(14)19(26)16-7-6-13(12-17(16)21)28-25-20-24-10-11-27-20/h2-12,19,22-23,26H,1H3,(H,24,25)/b18-8-,22-9?. The SMILES string of the molecule is CN/C(=C\C=N)c1ccccc1C(O)c1ccc(SNc2nccs2)cc1F. The van der Waals surface area contributed by atoms with E-state index in [0.29, 0.717) is 21.7 Å². The van der Waals surface area contributed by atoms with Crippen LogP contribution in [0.5, 0.6) is 0 Å². The molecule has 1 atom stereocenters. The Labute approximate surface area is 171 Å². The molecule has 0 amide bonds. The Morgan fingerprint density at radius 1 is 1.29 bits per heavy atom. The van der Waals surface area contributed by atoms with Crippen LogP contribution in [0, 0.1) is 11.2 Å². The first-order valence-electron chi connectivity index (χ1n) is 8.41. The van der Waals surface area contributed by atoms with E-state index in [1.54, 1.807) is 43.6 Å². The molecule has 0 saturated carbocycles. The second-order valence-corrected chi connectivity index (χ2v) is 7.49. The zero-order chi connectivity index (χ0) is 19.9. The topological polar surface area (TPSA) is 81.0 Å². The van der Waals surface area contributed by atoms with Crippen LogP contribution in [0.25, 0.3) is 5.70 Å². The number of aromatic nitrogens is 1. The summed E-state index contributed by atoms with van der Waals surface area (Å²) in [7, 11) is 1.74. The summed E-state index contributed by atoms with van der Waals surface area (Å²) >= 11 is 2.72. The van der Waals surface area contributed by atoms with Gasteiger partial charge in [0.25, 0.3) is 0 Å². The molecule has 0 aliphatic rings. The molecule has 0 fully saturated rings. The zero-order valence-corrected chi connectivity index (χ0v) is 16.7. The van der Waals surface area contributed by atoms with Crippen molar-refractivity contribution in [2.24, 2.45) is 0 Å². The molecular formula is C20H19FN4OS2. The molecule has 0 radical (unpaired) electrons. The van der Waals surface area contributed by atoms with Gasteiger partial charge in [0.15, 0.2) is 5.13 Å². The fraction of sp³-hybridized carbons (Fsp3) is 0.100. The molecule has 28 heavy (non-hydrogen) atoms. The van der Waals surface area contributed by atoms with Gasteiger partial charge < -0.3 is 20.6 Å². The number of hydrogen-bond donors (Lipinski definition) is 4. The lowest BCUT2D eigenvalue weighted by molar-refractivity contribution is 0.214. The van der Waals surface area contributed by atoms with Crippen LogP contribution in [0.4, 0.5) is 9.52 Å². The Morgan fingerprint density at radius 3 is 2.79 bits per heavy atom. The van der Waals surface area contributed by atoms with Crippen molar-refractivity contribution < 1.29 is 9.50 Å². The van der Waals surface area contributed by atoms with Crippen LogP contribution >= 0.6 is 23.3 Å². The molecule has 0 aliphatic heterocycles. The van der Waals surface area contributed by atoms with E-state index in [-0.39, 0.29) is 5.56 Å². The number of nitrogens with zero attached hydrogens (tertiary/aromatic N) is 1. The highest BCUT2D eigenvalue weighted by Crippen LogP contribution is 2.32. The van der Waals surface area contributed by atoms with Gasteiger partial charge in [-0.05, 0) is 35.7 Å². The van der Waals surface area contributed by atoms with Crippen molar-refractivity contribution in [3.05, 3.63) is 82.6 Å². The molecule has 8 heteroatoms. The maximum atomic E-state index is 14.7. The number of halogens is 1. The number of allylic oxidation sites excluding steroid dienone is 1. The van der Waals surface area contributed by atoms with Crippen molar-refractivity contribution in [2.75, 3.05) is 11.8 Å². The third-order valence-electron chi connectivity index (χ3n) is 4.02. The number of aliphatic hydroxyl groups excluding tert-OH is 1. The predicted octanol–water partition coefficient (Wildman–Crippen LogP) is 4.69. The van der Waals surface area contributed by atoms with Crippen molar-refractivity contribution in [2.45, 2.75) is 11.0 Å². The lowest BCUT2D eigenvalue weighted by atomic mass is 9.94. The highest BCUT2D eigenvalue weighted by molar-refractivity contribution is 8.00. The van der Waals surface area contributed by atoms with Gasteiger partial charge in [-0.1, -0.05) is 30.3 Å². The van der Waals surface area contributed by atoms with Crippen molar-refractivity contribution in [1.82, 2.24) is 10.3 Å². The largest absolute Gasteiger partial charge is 0.388 e. The fourth-order valence-electron chi connectivity index (χ4n) is 2.71. The first-order chi connectivity index (χ1) is 13.6. The molecule has 3 aromatic rings. The summed E-state index contributed by atoms with van der Waals surface area (Å²) in [6, 6.07) is 11.9. The summed E-state index contributed by atoms with van der Waals surface area (Å²) in [5.74, 6) is -0.490. The first-order valence-corrected chi connectivity index (χ1v) is 10.1. The summed E-state index contributed by atoms with van der Waals surface area (Å²) in [6.07, 6.45) is 3.31. The summed E-state index contributed by atoms with van der Waals surface area (Å²) in [5, 5.41) is 23.8. The van der Waals surface area contributed by atoms with Crippen molar-refractivity contribution in [3.8, 4) is 0 Å². The second-order valence-electron chi connectivity index (χ2n) is 5.71. The Hall–Kier alpha value is -2.68. The van der Waals surface area contributed by atoms with Gasteiger partial charge in [-0.3, -0.25) is 0 Å². The number of thiazole rings is 1. The number of benzene rings is 2. The molecule has 4 N–H and O–H groups in total. The molecule has 1 aromatic heterocycles. The van der Waals surface area contributed by atoms with E-state index in [1.807, 2.05) is 17.5 Å². The average Bonchev–Trinajstić information content (AvgIpc) is 3.24. The molecular weight excluding hydrogens is 395 g/mol. The Morgan fingerprint density at radius 2 is 2.11 bits per heavy atom. The molecule has 144 valence electrons. The molecule has 0 bridgehead atoms. The second kappa shape index (κ2) is 9.50. The van der Waals surface area contributed by atoms with Crippen LogP contribution in [0.1, 0.15) is 22.8 Å². The number of anilines is 1. The monoisotopic (exact) mass is 414 g/mol. The van der Waals surface area contributed by atoms with Crippen LogP contribution in [-0.4, -0.2) is 23.4 Å². The molecule has 1 unspecified atom stereocenters. The van der Waals surface area contributed by atoms with Gasteiger partial charge in [-0.15, -0.1) is 11.3 Å². The first kappa shape index (κ1) is 20.1. The third kappa shape index (κ3) is 4.59. The van der Waals surface area contributed by atoms with Gasteiger partial charge >= 0.3 is 0 Å². The number of rotatable bonds is 8. The fourth-order valence-corrected chi connectivity index (χ4v) is 3.96. The summed E-state index contributed by atoms with van der Waals surface area (Å²) in [5.41, 5.74) is 2.13. The average molecular weight is 415 g/mol. The minimum absolute atomic E-state index is 0.191. The van der Waals surface area contributed by atoms with E-state index in [2.05, 4.69) is 15.0 Å². The van der Waals surface area contributed by atoms with Crippen molar-refractivity contribution in [3.63, 3.8) is 0 Å². The maximum Gasteiger partial charge on any atom is 0.192 e. The van der Waals surface area contributed by atoms with E-state index < -0.39 is 11.9 Å². The Balaban J connectivity index is 1.86. The number of hydrogen-bond acceptors (Lipinski definition) is 7. The number of nitrogens with one attached hydrogen (secondary N) is 3. The third-order valence-corrected chi connectivity index (χ3v) is 5.62. The zero-order valence-electron chi connectivity index (χ0n) is 15.0. The quantitative estimate of drug-likeness (QED) is 0.318. The molecule has 3 rings (SSSR count). The smallest absolute Gasteiger partial charge is 0.192 e. The highest BCUT2D eigenvalue weighted by atomic mass is 32.2. The van der Waals surface area contributed by atoms with Gasteiger partial charge in [0.1, 0.15) is 11.9 Å². The predicted molar refractivity (Wildman–Crippen MR) is 114 cm³/mol. The minimum atomic E-state index is -1.13. The minimum Gasteiger partial charge on any atom is -0.388 e. The van der Waals surface area contributed by atoms with Crippen LogP contribution in [-0.2, 0) is 0 Å². The van der Waals surface area contributed by atoms with Gasteiger partial charge in [0.2, 0.25) is 0 Å². The Kier molecular flexibility index (Phi) is 6.80. The van der Waals surface area contributed by atoms with Crippen LogP contribution in [0.3, 0.4) is 0 Å². The summed E-state index contributed by atoms with van der Waals surface area (Å²) < 4.78 is 17.8. The molecule has 0 spiro atoms. The van der Waals surface area contributed by atoms with Crippen molar-refractivity contribution >= 4 is 40.3 Å². The van der Waals surface area contributed by atoms with E-state index >= 15 is 0 Å². The maximum absolute atomic E-state index is 14.7. The molecule has 0 aliphatic carbocycles. The highest BCUT2D eigenvalue weighted by Gasteiger charge is 2.19. The van der Waals surface area contributed by atoms with Crippen molar-refractivity contribution in [1.29, 1.82) is 5.41 Å². The molecule has 5 nitrogen and oxygen atoms in total. The summed E-state index contributed by atoms with van der Waals surface area (Å²) in [6.45, 7) is 0. The van der Waals surface area contributed by atoms with E-state index in [1.165, 1.54) is 29.4 Å². The van der Waals surface area contributed by atoms with Gasteiger partial charge in [0.05, 0.1) is 0 Å². The van der Waals surface area contributed by atoms with Crippen LogP contribution in [0.2, 0.25) is 0 Å². The van der Waals surface area contributed by atoms with E-state index in [0.717, 1.165) is 11.3 Å². The normalized spacial score (nSPS) is 12.5. The van der Waals surface area contributed by atoms with Gasteiger partial charge in [-0.2, -0.15) is 0 Å². The van der Waals surface area contributed by atoms with E-state index in [4.69, 9.17) is 5.41 Å². The molecule has 2 aromatic carbocycles. The molecule has 1 heterocycles. The lowest BCUT2D eigenvalue weighted by Crippen LogP contribution is -2.11. The van der Waals surface area contributed by atoms with Gasteiger partial charge in [-0.25, -0.2) is 9.37 Å². The Bertz CT molecular complexity index is 976.